The van der Waals surface area contributed by atoms with Gasteiger partial charge >= 0.3 is 11.9 Å². The first-order valence-electron chi connectivity index (χ1n) is 5.38. The van der Waals surface area contributed by atoms with E-state index >= 15 is 0 Å². The van der Waals surface area contributed by atoms with Crippen molar-refractivity contribution in [2.75, 3.05) is 20.3 Å². The number of carbonyl (C=O) groups excluding carboxylic acids is 2. The van der Waals surface area contributed by atoms with Crippen LogP contribution in [0.15, 0.2) is 0 Å². The van der Waals surface area contributed by atoms with E-state index < -0.39 is 0 Å². The topological polar surface area (TPSA) is 64.6 Å². The number of nitrogens with one attached hydrogen (secondary N) is 1. The van der Waals surface area contributed by atoms with Crippen LogP contribution in [0.4, 0.5) is 0 Å². The van der Waals surface area contributed by atoms with Gasteiger partial charge in [-0.2, -0.15) is 0 Å². The molecule has 0 bridgehead atoms. The van der Waals surface area contributed by atoms with Gasteiger partial charge in [0.05, 0.1) is 26.6 Å². The van der Waals surface area contributed by atoms with Crippen molar-refractivity contribution in [2.45, 2.75) is 39.2 Å². The molecule has 0 fully saturated rings. The van der Waals surface area contributed by atoms with E-state index in [4.69, 9.17) is 4.74 Å². The van der Waals surface area contributed by atoms with Gasteiger partial charge in [-0.25, -0.2) is 0 Å². The third-order valence-electron chi connectivity index (χ3n) is 2.05. The van der Waals surface area contributed by atoms with Crippen molar-refractivity contribution < 1.29 is 19.1 Å². The Labute approximate surface area is 96.5 Å². The standard InChI is InChI=1S/C11H21NO4/c1-5-16-10(14)8-11(2,3)12-7-6-9(13)15-4/h12H,5-8H2,1-4H3. The van der Waals surface area contributed by atoms with Crippen molar-refractivity contribution in [3.63, 3.8) is 0 Å². The van der Waals surface area contributed by atoms with E-state index in [1.165, 1.54) is 7.11 Å². The van der Waals surface area contributed by atoms with Crippen molar-refractivity contribution in [1.82, 2.24) is 5.32 Å². The first-order chi connectivity index (χ1) is 7.41. The predicted molar refractivity (Wildman–Crippen MR) is 60.0 cm³/mol. The van der Waals surface area contributed by atoms with Crippen LogP contribution in [-0.2, 0) is 19.1 Å². The highest BCUT2D eigenvalue weighted by Gasteiger charge is 2.22. The molecule has 0 atom stereocenters. The minimum absolute atomic E-state index is 0.238. The molecule has 0 heterocycles. The normalized spacial score (nSPS) is 11.0. The lowest BCUT2D eigenvalue weighted by molar-refractivity contribution is -0.144. The second-order valence-electron chi connectivity index (χ2n) is 4.12. The molecule has 5 nitrogen and oxygen atoms in total. The van der Waals surface area contributed by atoms with Gasteiger partial charge in [-0.05, 0) is 20.8 Å². The van der Waals surface area contributed by atoms with Crippen molar-refractivity contribution in [3.8, 4) is 0 Å². The van der Waals surface area contributed by atoms with Crippen molar-refractivity contribution in [3.05, 3.63) is 0 Å². The van der Waals surface area contributed by atoms with Crippen LogP contribution in [0.5, 0.6) is 0 Å². The maximum atomic E-state index is 11.3. The fraction of sp³-hybridized carbons (Fsp3) is 0.818. The lowest BCUT2D eigenvalue weighted by Crippen LogP contribution is -2.42. The molecule has 94 valence electrons. The summed E-state index contributed by atoms with van der Waals surface area (Å²) in [5, 5.41) is 3.11. The monoisotopic (exact) mass is 231 g/mol. The van der Waals surface area contributed by atoms with Crippen molar-refractivity contribution >= 4 is 11.9 Å². The molecule has 0 radical (unpaired) electrons. The molecule has 0 saturated carbocycles. The summed E-state index contributed by atoms with van der Waals surface area (Å²) in [6.07, 6.45) is 0.574. The van der Waals surface area contributed by atoms with Gasteiger partial charge in [0.2, 0.25) is 0 Å². The maximum Gasteiger partial charge on any atom is 0.307 e. The zero-order valence-corrected chi connectivity index (χ0v) is 10.5. The summed E-state index contributed by atoms with van der Waals surface area (Å²) in [6.45, 7) is 6.42. The Hall–Kier alpha value is -1.10. The number of esters is 2. The van der Waals surface area contributed by atoms with Gasteiger partial charge in [-0.15, -0.1) is 0 Å². The number of methoxy groups -OCH3 is 1. The van der Waals surface area contributed by atoms with Crippen LogP contribution in [0.3, 0.4) is 0 Å². The number of hydrogen-bond acceptors (Lipinski definition) is 5. The van der Waals surface area contributed by atoms with Gasteiger partial charge in [-0.3, -0.25) is 9.59 Å². The van der Waals surface area contributed by atoms with E-state index in [0.717, 1.165) is 0 Å². The average molecular weight is 231 g/mol. The fourth-order valence-electron chi connectivity index (χ4n) is 1.24. The molecular formula is C11H21NO4. The molecule has 0 aliphatic rings. The summed E-state index contributed by atoms with van der Waals surface area (Å²) >= 11 is 0. The Morgan fingerprint density at radius 3 is 2.38 bits per heavy atom. The number of hydrogen-bond donors (Lipinski definition) is 1. The second kappa shape index (κ2) is 7.22. The van der Waals surface area contributed by atoms with Crippen LogP contribution in [0.1, 0.15) is 33.6 Å². The van der Waals surface area contributed by atoms with E-state index in [0.29, 0.717) is 19.6 Å². The Morgan fingerprint density at radius 1 is 1.25 bits per heavy atom. The van der Waals surface area contributed by atoms with Crippen LogP contribution in [0.25, 0.3) is 0 Å². The maximum absolute atomic E-state index is 11.3. The highest BCUT2D eigenvalue weighted by atomic mass is 16.5. The van der Waals surface area contributed by atoms with Crippen LogP contribution in [0, 0.1) is 0 Å². The molecule has 0 aromatic rings. The van der Waals surface area contributed by atoms with Crippen LogP contribution in [0.2, 0.25) is 0 Å². The quantitative estimate of drug-likeness (QED) is 0.659. The van der Waals surface area contributed by atoms with Gasteiger partial charge in [0.25, 0.3) is 0 Å². The zero-order valence-electron chi connectivity index (χ0n) is 10.5. The van der Waals surface area contributed by atoms with Gasteiger partial charge in [0.1, 0.15) is 0 Å². The predicted octanol–water partition coefficient (Wildman–Crippen LogP) is 0.871. The molecule has 16 heavy (non-hydrogen) atoms. The Kier molecular flexibility index (Phi) is 6.72. The first-order valence-corrected chi connectivity index (χ1v) is 5.38. The molecule has 1 N–H and O–H groups in total. The minimum atomic E-state index is -0.375. The average Bonchev–Trinajstić information content (AvgIpc) is 2.16. The summed E-state index contributed by atoms with van der Waals surface area (Å²) in [5.74, 6) is -0.502. The van der Waals surface area contributed by atoms with Crippen LogP contribution < -0.4 is 5.32 Å². The molecule has 0 aromatic heterocycles. The number of ether oxygens (including phenoxy) is 2. The molecule has 0 aliphatic carbocycles. The molecule has 0 spiro atoms. The minimum Gasteiger partial charge on any atom is -0.469 e. The van der Waals surface area contributed by atoms with Crippen LogP contribution >= 0.6 is 0 Å². The number of carbonyl (C=O) groups is 2. The summed E-state index contributed by atoms with van der Waals surface area (Å²) in [5.41, 5.74) is -0.375. The Bertz CT molecular complexity index is 238. The van der Waals surface area contributed by atoms with Crippen molar-refractivity contribution in [2.24, 2.45) is 0 Å². The second-order valence-corrected chi connectivity index (χ2v) is 4.12. The lowest BCUT2D eigenvalue weighted by Gasteiger charge is -2.24. The van der Waals surface area contributed by atoms with Gasteiger partial charge in [0.15, 0.2) is 0 Å². The summed E-state index contributed by atoms with van der Waals surface area (Å²) < 4.78 is 9.37. The molecule has 5 heteroatoms. The van der Waals surface area contributed by atoms with Gasteiger partial charge in [0, 0.05) is 12.1 Å². The van der Waals surface area contributed by atoms with Crippen molar-refractivity contribution in [1.29, 1.82) is 0 Å². The van der Waals surface area contributed by atoms with E-state index in [-0.39, 0.29) is 23.9 Å². The number of rotatable bonds is 7. The molecule has 0 rings (SSSR count). The molecule has 0 unspecified atom stereocenters. The van der Waals surface area contributed by atoms with Crippen LogP contribution in [-0.4, -0.2) is 37.7 Å². The highest BCUT2D eigenvalue weighted by molar-refractivity contribution is 5.71. The molecule has 0 saturated heterocycles. The van der Waals surface area contributed by atoms with E-state index in [1.54, 1.807) is 6.92 Å². The Morgan fingerprint density at radius 2 is 1.88 bits per heavy atom. The third kappa shape index (κ3) is 7.23. The summed E-state index contributed by atoms with van der Waals surface area (Å²) in [7, 11) is 1.35. The SMILES string of the molecule is CCOC(=O)CC(C)(C)NCCC(=O)OC. The highest BCUT2D eigenvalue weighted by Crippen LogP contribution is 2.09. The molecule has 0 aromatic carbocycles. The fourth-order valence-corrected chi connectivity index (χ4v) is 1.24. The van der Waals surface area contributed by atoms with E-state index in [9.17, 15) is 9.59 Å². The Balaban J connectivity index is 3.86. The largest absolute Gasteiger partial charge is 0.469 e. The lowest BCUT2D eigenvalue weighted by atomic mass is 10.0. The van der Waals surface area contributed by atoms with E-state index in [1.807, 2.05) is 13.8 Å². The summed E-state index contributed by atoms with van der Waals surface area (Å²) in [6, 6.07) is 0. The van der Waals surface area contributed by atoms with E-state index in [2.05, 4.69) is 10.1 Å². The third-order valence-corrected chi connectivity index (χ3v) is 2.05. The molecule has 0 amide bonds. The zero-order chi connectivity index (χ0) is 12.6. The van der Waals surface area contributed by atoms with Gasteiger partial charge < -0.3 is 14.8 Å². The smallest absolute Gasteiger partial charge is 0.307 e. The van der Waals surface area contributed by atoms with Gasteiger partial charge in [-0.1, -0.05) is 0 Å². The summed E-state index contributed by atoms with van der Waals surface area (Å²) in [4.78, 5) is 22.1. The molecule has 0 aliphatic heterocycles. The molecular weight excluding hydrogens is 210 g/mol. The first kappa shape index (κ1) is 14.9.